The maximum Gasteiger partial charge on any atom is 0.168 e. The quantitative estimate of drug-likeness (QED) is 0.799. The Morgan fingerprint density at radius 3 is 2.85 bits per heavy atom. The summed E-state index contributed by atoms with van der Waals surface area (Å²) in [5.41, 5.74) is 3.26. The molecule has 0 saturated heterocycles. The van der Waals surface area contributed by atoms with Crippen molar-refractivity contribution >= 4 is 21.6 Å². The lowest BCUT2D eigenvalue weighted by Crippen LogP contribution is -2.11. The lowest BCUT2D eigenvalue weighted by molar-refractivity contribution is 0.792. The number of halogens is 1. The second-order valence-electron chi connectivity index (χ2n) is 4.61. The van der Waals surface area contributed by atoms with E-state index in [1.165, 1.54) is 5.56 Å². The molecule has 0 radical (unpaired) electrons. The second kappa shape index (κ2) is 5.73. The van der Waals surface area contributed by atoms with Crippen LogP contribution in [-0.2, 0) is 6.42 Å². The summed E-state index contributed by atoms with van der Waals surface area (Å²) in [6.45, 7) is 0.942. The summed E-state index contributed by atoms with van der Waals surface area (Å²) in [4.78, 5) is 0. The molecule has 0 fully saturated rings. The average molecular weight is 331 g/mol. The van der Waals surface area contributed by atoms with E-state index in [4.69, 9.17) is 0 Å². The number of hydrogen-bond acceptors (Lipinski definition) is 3. The standard InChI is InChI=1S/C15H15BrN4/c1-17-9-8-11-4-2-3-5-13(11)15-19-18-14-7-6-12(16)10-20(14)15/h2-7,10,17H,8-9H2,1H3. The highest BCUT2D eigenvalue weighted by Crippen LogP contribution is 2.24. The van der Waals surface area contributed by atoms with Crippen LogP contribution in [0.3, 0.4) is 0 Å². The van der Waals surface area contributed by atoms with Gasteiger partial charge in [0, 0.05) is 16.2 Å². The van der Waals surface area contributed by atoms with Gasteiger partial charge in [-0.3, -0.25) is 4.40 Å². The van der Waals surface area contributed by atoms with Crippen LogP contribution in [0.2, 0.25) is 0 Å². The van der Waals surface area contributed by atoms with E-state index in [9.17, 15) is 0 Å². The van der Waals surface area contributed by atoms with Gasteiger partial charge in [-0.1, -0.05) is 24.3 Å². The fourth-order valence-corrected chi connectivity index (χ4v) is 2.60. The van der Waals surface area contributed by atoms with Crippen molar-refractivity contribution in [3.63, 3.8) is 0 Å². The van der Waals surface area contributed by atoms with Crippen molar-refractivity contribution in [1.29, 1.82) is 0 Å². The van der Waals surface area contributed by atoms with E-state index in [2.05, 4.69) is 49.6 Å². The van der Waals surface area contributed by atoms with Gasteiger partial charge in [0.15, 0.2) is 11.5 Å². The monoisotopic (exact) mass is 330 g/mol. The molecule has 5 heteroatoms. The predicted molar refractivity (Wildman–Crippen MR) is 83.8 cm³/mol. The zero-order valence-electron chi connectivity index (χ0n) is 11.2. The number of benzene rings is 1. The third-order valence-electron chi connectivity index (χ3n) is 3.27. The van der Waals surface area contributed by atoms with Crippen molar-refractivity contribution in [2.45, 2.75) is 6.42 Å². The normalized spacial score (nSPS) is 11.1. The Hall–Kier alpha value is -1.72. The molecule has 0 bridgehead atoms. The van der Waals surface area contributed by atoms with Crippen LogP contribution in [-0.4, -0.2) is 28.2 Å². The summed E-state index contributed by atoms with van der Waals surface area (Å²) in [7, 11) is 1.96. The smallest absolute Gasteiger partial charge is 0.168 e. The minimum Gasteiger partial charge on any atom is -0.319 e. The summed E-state index contributed by atoms with van der Waals surface area (Å²) in [6.07, 6.45) is 2.97. The van der Waals surface area contributed by atoms with Gasteiger partial charge < -0.3 is 5.32 Å². The Kier molecular flexibility index (Phi) is 3.80. The fourth-order valence-electron chi connectivity index (χ4n) is 2.26. The SMILES string of the molecule is CNCCc1ccccc1-c1nnc2ccc(Br)cn12. The van der Waals surface area contributed by atoms with Crippen molar-refractivity contribution in [3.8, 4) is 11.4 Å². The highest BCUT2D eigenvalue weighted by Gasteiger charge is 2.11. The molecule has 3 rings (SSSR count). The molecule has 20 heavy (non-hydrogen) atoms. The van der Waals surface area contributed by atoms with Gasteiger partial charge in [-0.15, -0.1) is 10.2 Å². The Morgan fingerprint density at radius 2 is 2.00 bits per heavy atom. The Morgan fingerprint density at radius 1 is 1.15 bits per heavy atom. The molecule has 0 atom stereocenters. The zero-order chi connectivity index (χ0) is 13.9. The second-order valence-corrected chi connectivity index (χ2v) is 5.53. The molecule has 0 spiro atoms. The topological polar surface area (TPSA) is 42.2 Å². The van der Waals surface area contributed by atoms with Gasteiger partial charge in [0.1, 0.15) is 0 Å². The van der Waals surface area contributed by atoms with Gasteiger partial charge in [0.2, 0.25) is 0 Å². The molecule has 0 aliphatic heterocycles. The van der Waals surface area contributed by atoms with E-state index in [0.717, 1.165) is 34.5 Å². The Bertz CT molecular complexity index is 736. The summed E-state index contributed by atoms with van der Waals surface area (Å²) < 4.78 is 3.03. The summed E-state index contributed by atoms with van der Waals surface area (Å²) >= 11 is 3.50. The molecule has 0 saturated carbocycles. The number of nitrogens with one attached hydrogen (secondary N) is 1. The number of rotatable bonds is 4. The minimum atomic E-state index is 0.853. The lowest BCUT2D eigenvalue weighted by Gasteiger charge is -2.08. The Labute approximate surface area is 126 Å². The van der Waals surface area contributed by atoms with E-state index < -0.39 is 0 Å². The van der Waals surface area contributed by atoms with E-state index >= 15 is 0 Å². The van der Waals surface area contributed by atoms with Crippen LogP contribution >= 0.6 is 15.9 Å². The van der Waals surface area contributed by atoms with Gasteiger partial charge in [-0.25, -0.2) is 0 Å². The molecule has 0 amide bonds. The van der Waals surface area contributed by atoms with Crippen LogP contribution in [0, 0.1) is 0 Å². The average Bonchev–Trinajstić information content (AvgIpc) is 2.88. The first-order valence-corrected chi connectivity index (χ1v) is 7.32. The predicted octanol–water partition coefficient (Wildman–Crippen LogP) is 2.92. The first kappa shape index (κ1) is 13.3. The molecule has 0 aliphatic rings. The molecule has 3 aromatic rings. The molecule has 2 aromatic heterocycles. The maximum absolute atomic E-state index is 4.35. The fraction of sp³-hybridized carbons (Fsp3) is 0.200. The van der Waals surface area contributed by atoms with Crippen molar-refractivity contribution < 1.29 is 0 Å². The molecule has 102 valence electrons. The molecular weight excluding hydrogens is 316 g/mol. The minimum absolute atomic E-state index is 0.853. The number of nitrogens with zero attached hydrogens (tertiary/aromatic N) is 3. The molecule has 1 aromatic carbocycles. The summed E-state index contributed by atoms with van der Waals surface area (Å²) in [5.74, 6) is 0.882. The van der Waals surface area contributed by atoms with Crippen molar-refractivity contribution in [2.24, 2.45) is 0 Å². The molecule has 4 nitrogen and oxygen atoms in total. The van der Waals surface area contributed by atoms with Gasteiger partial charge >= 0.3 is 0 Å². The first-order valence-electron chi connectivity index (χ1n) is 6.53. The maximum atomic E-state index is 4.35. The molecule has 2 heterocycles. The first-order chi connectivity index (χ1) is 9.79. The van der Waals surface area contributed by atoms with Crippen molar-refractivity contribution in [2.75, 3.05) is 13.6 Å². The lowest BCUT2D eigenvalue weighted by atomic mass is 10.0. The number of fused-ring (bicyclic) bond motifs is 1. The number of likely N-dealkylation sites (N-methyl/N-ethyl adjacent to an activating group) is 1. The van der Waals surface area contributed by atoms with Gasteiger partial charge in [0.05, 0.1) is 0 Å². The number of pyridine rings is 1. The molecule has 1 N–H and O–H groups in total. The van der Waals surface area contributed by atoms with Crippen LogP contribution < -0.4 is 5.32 Å². The van der Waals surface area contributed by atoms with Crippen LogP contribution in [0.5, 0.6) is 0 Å². The van der Waals surface area contributed by atoms with E-state index in [0.29, 0.717) is 0 Å². The van der Waals surface area contributed by atoms with Crippen molar-refractivity contribution in [3.05, 3.63) is 52.6 Å². The highest BCUT2D eigenvalue weighted by atomic mass is 79.9. The molecule has 0 unspecified atom stereocenters. The van der Waals surface area contributed by atoms with E-state index in [1.54, 1.807) is 0 Å². The summed E-state index contributed by atoms with van der Waals surface area (Å²) in [6, 6.07) is 12.3. The summed E-state index contributed by atoms with van der Waals surface area (Å²) in [5, 5.41) is 11.8. The zero-order valence-corrected chi connectivity index (χ0v) is 12.8. The molecule has 0 aliphatic carbocycles. The third-order valence-corrected chi connectivity index (χ3v) is 3.74. The third kappa shape index (κ3) is 2.46. The number of aromatic nitrogens is 3. The van der Waals surface area contributed by atoms with Gasteiger partial charge in [-0.2, -0.15) is 0 Å². The van der Waals surface area contributed by atoms with Crippen molar-refractivity contribution in [1.82, 2.24) is 19.9 Å². The van der Waals surface area contributed by atoms with Crippen LogP contribution in [0.15, 0.2) is 47.1 Å². The van der Waals surface area contributed by atoms with Crippen LogP contribution in [0.25, 0.3) is 17.0 Å². The highest BCUT2D eigenvalue weighted by molar-refractivity contribution is 9.10. The van der Waals surface area contributed by atoms with Gasteiger partial charge in [-0.05, 0) is 53.6 Å². The van der Waals surface area contributed by atoms with Gasteiger partial charge in [0.25, 0.3) is 0 Å². The number of hydrogen-bond donors (Lipinski definition) is 1. The van der Waals surface area contributed by atoms with Crippen LogP contribution in [0.1, 0.15) is 5.56 Å². The molecular formula is C15H15BrN4. The largest absolute Gasteiger partial charge is 0.319 e. The van der Waals surface area contributed by atoms with Crippen LogP contribution in [0.4, 0.5) is 0 Å². The van der Waals surface area contributed by atoms with E-state index in [-0.39, 0.29) is 0 Å². The van der Waals surface area contributed by atoms with E-state index in [1.807, 2.05) is 35.8 Å². The Balaban J connectivity index is 2.13.